The van der Waals surface area contributed by atoms with Crippen molar-refractivity contribution >= 4 is 5.78 Å². The van der Waals surface area contributed by atoms with Gasteiger partial charge in [-0.3, -0.25) is 9.48 Å². The van der Waals surface area contributed by atoms with Crippen LogP contribution in [-0.4, -0.2) is 20.7 Å². The topological polar surface area (TPSA) is 55.1 Å². The van der Waals surface area contributed by atoms with Crippen LogP contribution >= 0.6 is 0 Å². The molecule has 19 heavy (non-hydrogen) atoms. The standard InChI is InChI=1S/C9H7N2.C5H8O2.Ir/c1-2-5-9(6-3-1)11-8-4-7-10-11;1-4(6)3-5(2)7;/h1-5,7-8H;3,6H,1-2H3;/q-1;;/b;4-3-;. The van der Waals surface area contributed by atoms with E-state index in [-0.39, 0.29) is 31.6 Å². The van der Waals surface area contributed by atoms with Crippen molar-refractivity contribution in [3.63, 3.8) is 0 Å². The second-order valence-corrected chi connectivity index (χ2v) is 3.59. The quantitative estimate of drug-likeness (QED) is 0.448. The van der Waals surface area contributed by atoms with Gasteiger partial charge >= 0.3 is 0 Å². The summed E-state index contributed by atoms with van der Waals surface area (Å²) in [6, 6.07) is 12.7. The van der Waals surface area contributed by atoms with E-state index in [9.17, 15) is 4.79 Å². The average Bonchev–Trinajstić information content (AvgIpc) is 2.82. The number of para-hydroxylation sites is 1. The van der Waals surface area contributed by atoms with Crippen molar-refractivity contribution in [3.8, 4) is 5.69 Å². The molecule has 0 bridgehead atoms. The molecule has 4 nitrogen and oxygen atoms in total. The van der Waals surface area contributed by atoms with Gasteiger partial charge in [0.2, 0.25) is 0 Å². The van der Waals surface area contributed by atoms with Gasteiger partial charge < -0.3 is 5.11 Å². The van der Waals surface area contributed by atoms with Crippen LogP contribution in [0.15, 0.2) is 54.6 Å². The van der Waals surface area contributed by atoms with Gasteiger partial charge in [-0.2, -0.15) is 29.4 Å². The third-order valence-electron chi connectivity index (χ3n) is 1.86. The molecular formula is C14H15IrN2O2-. The number of hydrogen-bond donors (Lipinski definition) is 1. The summed E-state index contributed by atoms with van der Waals surface area (Å²) in [4.78, 5) is 10.0. The molecule has 1 heterocycles. The Hall–Kier alpha value is -1.71. The third-order valence-corrected chi connectivity index (χ3v) is 1.86. The summed E-state index contributed by atoms with van der Waals surface area (Å²) in [5, 5.41) is 12.4. The number of carbonyl (C=O) groups is 1. The molecule has 0 aliphatic carbocycles. The first kappa shape index (κ1) is 17.3. The van der Waals surface area contributed by atoms with Crippen LogP contribution in [0.4, 0.5) is 0 Å². The molecule has 1 N–H and O–H groups in total. The van der Waals surface area contributed by atoms with Gasteiger partial charge in [0.1, 0.15) is 0 Å². The van der Waals surface area contributed by atoms with E-state index in [0.29, 0.717) is 0 Å². The fraction of sp³-hybridized carbons (Fsp3) is 0.143. The molecule has 2 aromatic rings. The SMILES string of the molecule is CC(=O)/C=C(/C)O.[Ir].[c-]1ccccc1-n1cccn1. The number of benzene rings is 1. The normalized spacial score (nSPS) is 9.89. The van der Waals surface area contributed by atoms with Crippen LogP contribution in [0.25, 0.3) is 5.69 Å². The maximum Gasteiger partial charge on any atom is 0.155 e. The summed E-state index contributed by atoms with van der Waals surface area (Å²) in [5.74, 6) is -0.0625. The molecule has 0 saturated heterocycles. The van der Waals surface area contributed by atoms with Gasteiger partial charge in [-0.25, -0.2) is 0 Å². The first-order chi connectivity index (χ1) is 8.59. The fourth-order valence-corrected chi connectivity index (χ4v) is 1.23. The second-order valence-electron chi connectivity index (χ2n) is 3.59. The van der Waals surface area contributed by atoms with E-state index in [1.165, 1.54) is 19.9 Å². The molecule has 0 saturated carbocycles. The van der Waals surface area contributed by atoms with E-state index >= 15 is 0 Å². The van der Waals surface area contributed by atoms with Gasteiger partial charge in [0.15, 0.2) is 5.78 Å². The van der Waals surface area contributed by atoms with E-state index in [1.807, 2.05) is 36.5 Å². The molecule has 0 aliphatic rings. The van der Waals surface area contributed by atoms with Crippen molar-refractivity contribution in [1.29, 1.82) is 0 Å². The van der Waals surface area contributed by atoms with Crippen LogP contribution in [0.2, 0.25) is 0 Å². The summed E-state index contributed by atoms with van der Waals surface area (Å²) in [5.41, 5.74) is 0.970. The van der Waals surface area contributed by atoms with Crippen LogP contribution < -0.4 is 0 Å². The van der Waals surface area contributed by atoms with Crippen LogP contribution in [0, 0.1) is 6.07 Å². The van der Waals surface area contributed by atoms with Crippen molar-refractivity contribution in [3.05, 3.63) is 60.6 Å². The molecule has 0 amide bonds. The number of hydrogen-bond acceptors (Lipinski definition) is 3. The van der Waals surface area contributed by atoms with E-state index in [0.717, 1.165) is 5.69 Å². The molecule has 0 atom stereocenters. The van der Waals surface area contributed by atoms with Crippen molar-refractivity contribution in [2.24, 2.45) is 0 Å². The molecule has 0 unspecified atom stereocenters. The Bertz CT molecular complexity index is 504. The van der Waals surface area contributed by atoms with Gasteiger partial charge in [0.05, 0.1) is 5.76 Å². The van der Waals surface area contributed by atoms with Crippen LogP contribution in [-0.2, 0) is 24.9 Å². The van der Waals surface area contributed by atoms with E-state index in [4.69, 9.17) is 5.11 Å². The Kier molecular flexibility index (Phi) is 8.42. The van der Waals surface area contributed by atoms with E-state index < -0.39 is 0 Å². The number of allylic oxidation sites excluding steroid dienone is 2. The number of aromatic nitrogens is 2. The third kappa shape index (κ3) is 7.34. The maximum absolute atomic E-state index is 10.0. The summed E-state index contributed by atoms with van der Waals surface area (Å²) in [6.07, 6.45) is 4.81. The molecule has 0 spiro atoms. The summed E-state index contributed by atoms with van der Waals surface area (Å²) in [6.45, 7) is 2.85. The van der Waals surface area contributed by atoms with Crippen molar-refractivity contribution < 1.29 is 30.0 Å². The number of nitrogens with zero attached hydrogens (tertiary/aromatic N) is 2. The predicted octanol–water partition coefficient (Wildman–Crippen LogP) is 2.71. The van der Waals surface area contributed by atoms with E-state index in [1.54, 1.807) is 10.9 Å². The molecule has 1 radical (unpaired) electrons. The van der Waals surface area contributed by atoms with Crippen LogP contribution in [0.3, 0.4) is 0 Å². The van der Waals surface area contributed by atoms with Crippen molar-refractivity contribution in [2.45, 2.75) is 13.8 Å². The number of carbonyl (C=O) groups excluding carboxylic acids is 1. The van der Waals surface area contributed by atoms with Gasteiger partial charge in [-0.05, 0) is 25.6 Å². The van der Waals surface area contributed by atoms with Gasteiger partial charge in [-0.1, -0.05) is 0 Å². The minimum atomic E-state index is -0.125. The summed E-state index contributed by atoms with van der Waals surface area (Å²) < 4.78 is 1.78. The minimum absolute atomic E-state index is 0. The average molecular weight is 436 g/mol. The first-order valence-corrected chi connectivity index (χ1v) is 5.44. The largest absolute Gasteiger partial charge is 0.512 e. The van der Waals surface area contributed by atoms with Gasteiger partial charge in [-0.15, -0.1) is 6.07 Å². The number of aliphatic hydroxyl groups is 1. The number of rotatable bonds is 2. The molecular weight excluding hydrogens is 420 g/mol. The second kappa shape index (κ2) is 9.25. The maximum atomic E-state index is 10.0. The van der Waals surface area contributed by atoms with Crippen LogP contribution in [0.1, 0.15) is 13.8 Å². The smallest absolute Gasteiger partial charge is 0.155 e. The monoisotopic (exact) mass is 436 g/mol. The number of ketones is 1. The molecule has 103 valence electrons. The summed E-state index contributed by atoms with van der Waals surface area (Å²) >= 11 is 0. The first-order valence-electron chi connectivity index (χ1n) is 5.44. The molecule has 1 aromatic carbocycles. The summed E-state index contributed by atoms with van der Waals surface area (Å²) in [7, 11) is 0. The van der Waals surface area contributed by atoms with Crippen LogP contribution in [0.5, 0.6) is 0 Å². The van der Waals surface area contributed by atoms with Gasteiger partial charge in [0.25, 0.3) is 0 Å². The molecule has 0 aliphatic heterocycles. The van der Waals surface area contributed by atoms with Gasteiger partial charge in [0, 0.05) is 38.6 Å². The fourth-order valence-electron chi connectivity index (χ4n) is 1.23. The van der Waals surface area contributed by atoms with E-state index in [2.05, 4.69) is 11.2 Å². The predicted molar refractivity (Wildman–Crippen MR) is 69.5 cm³/mol. The van der Waals surface area contributed by atoms with Crippen molar-refractivity contribution in [2.75, 3.05) is 0 Å². The zero-order chi connectivity index (χ0) is 13.4. The Labute approximate surface area is 126 Å². The zero-order valence-corrected chi connectivity index (χ0v) is 13.1. The molecule has 0 fully saturated rings. The minimum Gasteiger partial charge on any atom is -0.512 e. The molecule has 5 heteroatoms. The number of aliphatic hydroxyl groups excluding tert-OH is 1. The Balaban J connectivity index is 0.000000360. The Morgan fingerprint density at radius 3 is 2.47 bits per heavy atom. The molecule has 1 aromatic heterocycles. The van der Waals surface area contributed by atoms with Crippen molar-refractivity contribution in [1.82, 2.24) is 9.78 Å². The Morgan fingerprint density at radius 1 is 1.37 bits per heavy atom. The Morgan fingerprint density at radius 2 is 2.11 bits per heavy atom. The zero-order valence-electron chi connectivity index (χ0n) is 10.7. The molecule has 2 rings (SSSR count).